The van der Waals surface area contributed by atoms with Gasteiger partial charge in [0, 0.05) is 19.6 Å². The Hall–Kier alpha value is -1.11. The lowest BCUT2D eigenvalue weighted by molar-refractivity contribution is 0.160. The number of nitrogens with zero attached hydrogens (tertiary/aromatic N) is 4. The van der Waals surface area contributed by atoms with Gasteiger partial charge in [-0.15, -0.1) is 10.2 Å². The second-order valence-electron chi connectivity index (χ2n) is 3.00. The van der Waals surface area contributed by atoms with Gasteiger partial charge >= 0.3 is 0 Å². The molecule has 0 aromatic carbocycles. The summed E-state index contributed by atoms with van der Waals surface area (Å²) in [5, 5.41) is 16.2. The average molecular weight is 180 g/mol. The molecule has 1 aliphatic rings. The number of hydrazine groups is 1. The van der Waals surface area contributed by atoms with E-state index in [0.29, 0.717) is 0 Å². The van der Waals surface area contributed by atoms with Crippen molar-refractivity contribution in [2.75, 3.05) is 19.6 Å². The van der Waals surface area contributed by atoms with Crippen LogP contribution in [0.25, 0.3) is 0 Å². The predicted octanol–water partition coefficient (Wildman–Crippen LogP) is -1.31. The third kappa shape index (κ3) is 1.80. The molecule has 2 heterocycles. The number of piperazine rings is 1. The fourth-order valence-corrected chi connectivity index (χ4v) is 1.42. The first-order valence-electron chi connectivity index (χ1n) is 4.24. The number of nitrogens with one attached hydrogen (secondary N) is 1. The van der Waals surface area contributed by atoms with Gasteiger partial charge in [-0.25, -0.2) is 5.01 Å². The first kappa shape index (κ1) is 8.49. The molecule has 1 atom stereocenters. The van der Waals surface area contributed by atoms with Gasteiger partial charge in [-0.1, -0.05) is 0 Å². The zero-order chi connectivity index (χ0) is 9.10. The molecule has 1 fully saturated rings. The number of rotatable bonds is 1. The van der Waals surface area contributed by atoms with Crippen molar-refractivity contribution in [2.45, 2.75) is 6.04 Å². The van der Waals surface area contributed by atoms with E-state index in [-0.39, 0.29) is 6.04 Å². The van der Waals surface area contributed by atoms with E-state index in [1.165, 1.54) is 0 Å². The molecule has 0 spiro atoms. The minimum absolute atomic E-state index is 0.115. The van der Waals surface area contributed by atoms with Gasteiger partial charge in [0.25, 0.3) is 0 Å². The van der Waals surface area contributed by atoms with Crippen LogP contribution in [0.2, 0.25) is 0 Å². The van der Waals surface area contributed by atoms with Crippen LogP contribution in [0, 0.1) is 0 Å². The maximum atomic E-state index is 5.82. The minimum atomic E-state index is 0.115. The highest BCUT2D eigenvalue weighted by atomic mass is 15.4. The highest BCUT2D eigenvalue weighted by molar-refractivity contribution is 5.04. The lowest BCUT2D eigenvalue weighted by atomic mass is 10.1. The summed E-state index contributed by atoms with van der Waals surface area (Å²) >= 11 is 0. The van der Waals surface area contributed by atoms with Crippen LogP contribution in [0.15, 0.2) is 12.3 Å². The third-order valence-corrected chi connectivity index (χ3v) is 2.15. The maximum absolute atomic E-state index is 5.82. The Morgan fingerprint density at radius 3 is 3.23 bits per heavy atom. The third-order valence-electron chi connectivity index (χ3n) is 2.15. The second kappa shape index (κ2) is 3.73. The lowest BCUT2D eigenvalue weighted by Gasteiger charge is -2.31. The SMILES string of the molecule is NN1CCNCC1c1ccnnn1. The Bertz CT molecular complexity index is 263. The second-order valence-corrected chi connectivity index (χ2v) is 3.00. The van der Waals surface area contributed by atoms with Gasteiger partial charge < -0.3 is 5.32 Å². The summed E-state index contributed by atoms with van der Waals surface area (Å²) in [4.78, 5) is 0. The van der Waals surface area contributed by atoms with Crippen LogP contribution in [-0.4, -0.2) is 40.1 Å². The molecule has 3 N–H and O–H groups in total. The molecule has 0 amide bonds. The Labute approximate surface area is 76.1 Å². The predicted molar refractivity (Wildman–Crippen MR) is 46.3 cm³/mol. The summed E-state index contributed by atoms with van der Waals surface area (Å²) in [6.45, 7) is 2.56. The molecule has 13 heavy (non-hydrogen) atoms. The van der Waals surface area contributed by atoms with Gasteiger partial charge in [-0.05, 0) is 11.3 Å². The number of hydrogen-bond donors (Lipinski definition) is 2. The van der Waals surface area contributed by atoms with E-state index >= 15 is 0 Å². The van der Waals surface area contributed by atoms with E-state index in [9.17, 15) is 0 Å². The van der Waals surface area contributed by atoms with Crippen LogP contribution in [0.5, 0.6) is 0 Å². The summed E-state index contributed by atoms with van der Waals surface area (Å²) in [5.74, 6) is 5.82. The van der Waals surface area contributed by atoms with Crippen LogP contribution in [-0.2, 0) is 0 Å². The van der Waals surface area contributed by atoms with E-state index in [2.05, 4.69) is 20.7 Å². The summed E-state index contributed by atoms with van der Waals surface area (Å²) in [6.07, 6.45) is 1.63. The fraction of sp³-hybridized carbons (Fsp3) is 0.571. The van der Waals surface area contributed by atoms with Gasteiger partial charge in [0.2, 0.25) is 0 Å². The Kier molecular flexibility index (Phi) is 2.44. The van der Waals surface area contributed by atoms with Gasteiger partial charge in [-0.3, -0.25) is 5.84 Å². The van der Waals surface area contributed by atoms with Gasteiger partial charge in [0.1, 0.15) is 0 Å². The van der Waals surface area contributed by atoms with Crippen molar-refractivity contribution in [1.29, 1.82) is 0 Å². The van der Waals surface area contributed by atoms with E-state index < -0.39 is 0 Å². The molecule has 2 rings (SSSR count). The molecule has 0 radical (unpaired) electrons. The van der Waals surface area contributed by atoms with E-state index in [1.807, 2.05) is 6.07 Å². The Morgan fingerprint density at radius 2 is 2.54 bits per heavy atom. The quantitative estimate of drug-likeness (QED) is 0.522. The van der Waals surface area contributed by atoms with E-state index in [0.717, 1.165) is 25.3 Å². The molecular weight excluding hydrogens is 168 g/mol. The van der Waals surface area contributed by atoms with Crippen molar-refractivity contribution in [3.8, 4) is 0 Å². The largest absolute Gasteiger partial charge is 0.313 e. The fourth-order valence-electron chi connectivity index (χ4n) is 1.42. The van der Waals surface area contributed by atoms with Crippen LogP contribution in [0.1, 0.15) is 11.7 Å². The minimum Gasteiger partial charge on any atom is -0.313 e. The zero-order valence-electron chi connectivity index (χ0n) is 7.22. The first-order chi connectivity index (χ1) is 6.38. The Balaban J connectivity index is 2.15. The lowest BCUT2D eigenvalue weighted by Crippen LogP contribution is -2.49. The first-order valence-corrected chi connectivity index (χ1v) is 4.24. The molecule has 1 aromatic rings. The molecule has 1 unspecified atom stereocenters. The summed E-state index contributed by atoms with van der Waals surface area (Å²) in [7, 11) is 0. The highest BCUT2D eigenvalue weighted by Crippen LogP contribution is 2.14. The molecule has 0 aliphatic carbocycles. The molecule has 0 saturated carbocycles. The van der Waals surface area contributed by atoms with Crippen molar-refractivity contribution < 1.29 is 0 Å². The molecule has 1 aliphatic heterocycles. The van der Waals surface area contributed by atoms with Crippen molar-refractivity contribution in [1.82, 2.24) is 25.7 Å². The van der Waals surface area contributed by atoms with Crippen LogP contribution >= 0.6 is 0 Å². The normalized spacial score (nSPS) is 24.5. The summed E-state index contributed by atoms with van der Waals surface area (Å²) in [5.41, 5.74) is 0.865. The van der Waals surface area contributed by atoms with Crippen molar-refractivity contribution in [3.05, 3.63) is 18.0 Å². The van der Waals surface area contributed by atoms with E-state index in [4.69, 9.17) is 5.84 Å². The smallest absolute Gasteiger partial charge is 0.0863 e. The molecule has 0 bridgehead atoms. The zero-order valence-corrected chi connectivity index (χ0v) is 7.22. The van der Waals surface area contributed by atoms with Crippen molar-refractivity contribution in [2.24, 2.45) is 5.84 Å². The molecule has 6 heteroatoms. The van der Waals surface area contributed by atoms with Gasteiger partial charge in [0.05, 0.1) is 17.9 Å². The average Bonchev–Trinajstić information content (AvgIpc) is 2.20. The molecular formula is C7H12N6. The van der Waals surface area contributed by atoms with Gasteiger partial charge in [0.15, 0.2) is 0 Å². The molecule has 1 aromatic heterocycles. The number of nitrogens with two attached hydrogens (primary N) is 1. The van der Waals surface area contributed by atoms with Crippen LogP contribution in [0.4, 0.5) is 0 Å². The number of aromatic nitrogens is 3. The summed E-state index contributed by atoms with van der Waals surface area (Å²) in [6, 6.07) is 1.95. The topological polar surface area (TPSA) is 80.0 Å². The molecule has 6 nitrogen and oxygen atoms in total. The maximum Gasteiger partial charge on any atom is 0.0863 e. The standard InChI is InChI=1S/C7H12N6/c8-13-4-3-9-5-7(13)6-1-2-10-12-11-6/h1-2,7,9H,3-5,8H2. The molecule has 1 saturated heterocycles. The Morgan fingerprint density at radius 1 is 1.62 bits per heavy atom. The summed E-state index contributed by atoms with van der Waals surface area (Å²) < 4.78 is 0. The van der Waals surface area contributed by atoms with Crippen molar-refractivity contribution in [3.63, 3.8) is 0 Å². The molecule has 70 valence electrons. The number of hydrogen-bond acceptors (Lipinski definition) is 6. The van der Waals surface area contributed by atoms with Gasteiger partial charge in [-0.2, -0.15) is 0 Å². The van der Waals surface area contributed by atoms with Crippen LogP contribution < -0.4 is 11.2 Å². The van der Waals surface area contributed by atoms with Crippen molar-refractivity contribution >= 4 is 0 Å². The van der Waals surface area contributed by atoms with Crippen LogP contribution in [0.3, 0.4) is 0 Å². The highest BCUT2D eigenvalue weighted by Gasteiger charge is 2.22. The monoisotopic (exact) mass is 180 g/mol. The van der Waals surface area contributed by atoms with E-state index in [1.54, 1.807) is 11.2 Å².